The van der Waals surface area contributed by atoms with Gasteiger partial charge in [0, 0.05) is 5.92 Å². The van der Waals surface area contributed by atoms with Crippen LogP contribution < -0.4 is 0 Å². The van der Waals surface area contributed by atoms with Crippen LogP contribution in [0.2, 0.25) is 0 Å². The van der Waals surface area contributed by atoms with E-state index >= 15 is 0 Å². The van der Waals surface area contributed by atoms with Crippen molar-refractivity contribution in [1.82, 2.24) is 0 Å². The summed E-state index contributed by atoms with van der Waals surface area (Å²) in [7, 11) is 0. The van der Waals surface area contributed by atoms with Gasteiger partial charge in [0.15, 0.2) is 0 Å². The molecule has 0 aromatic heterocycles. The lowest BCUT2D eigenvalue weighted by Gasteiger charge is -2.41. The molecule has 0 spiro atoms. The van der Waals surface area contributed by atoms with Crippen LogP contribution in [0.15, 0.2) is 0 Å². The zero-order chi connectivity index (χ0) is 23.9. The number of halogens is 13. The number of alkyl halides is 13. The van der Waals surface area contributed by atoms with E-state index in [0.717, 1.165) is 0 Å². The largest absolute Gasteiger partial charge is 0.465 e. The van der Waals surface area contributed by atoms with Crippen molar-refractivity contribution in [3.05, 3.63) is 0 Å². The maximum absolute atomic E-state index is 13.8. The van der Waals surface area contributed by atoms with E-state index in [2.05, 4.69) is 4.74 Å². The second kappa shape index (κ2) is 8.00. The number of hydrogen-bond donors (Lipinski definition) is 0. The second-order valence-electron chi connectivity index (χ2n) is 6.60. The molecule has 0 fully saturated rings. The molecule has 0 aromatic carbocycles. The lowest BCUT2D eigenvalue weighted by atomic mass is 9.87. The van der Waals surface area contributed by atoms with Gasteiger partial charge in [-0.2, -0.15) is 57.1 Å². The summed E-state index contributed by atoms with van der Waals surface area (Å²) in [6, 6.07) is 0. The quantitative estimate of drug-likeness (QED) is 0.313. The monoisotopic (exact) mass is 462 g/mol. The van der Waals surface area contributed by atoms with E-state index < -0.39 is 60.7 Å². The predicted molar refractivity (Wildman–Crippen MR) is 70.4 cm³/mol. The lowest BCUT2D eigenvalue weighted by molar-refractivity contribution is -0.442. The summed E-state index contributed by atoms with van der Waals surface area (Å²) in [5.74, 6) is -42.5. The van der Waals surface area contributed by atoms with Crippen molar-refractivity contribution >= 4 is 5.97 Å². The minimum Gasteiger partial charge on any atom is -0.465 e. The highest BCUT2D eigenvalue weighted by atomic mass is 19.4. The Morgan fingerprint density at radius 1 is 0.690 bits per heavy atom. The van der Waals surface area contributed by atoms with Crippen LogP contribution >= 0.6 is 0 Å². The zero-order valence-corrected chi connectivity index (χ0v) is 14.8. The molecular weight excluding hydrogens is 447 g/mol. The number of esters is 1. The molecule has 0 N–H and O–H groups in total. The Balaban J connectivity index is 5.95. The minimum atomic E-state index is -7.96. The van der Waals surface area contributed by atoms with Crippen molar-refractivity contribution in [2.24, 2.45) is 11.8 Å². The molecule has 0 amide bonds. The average Bonchev–Trinajstić information content (AvgIpc) is 2.50. The van der Waals surface area contributed by atoms with Gasteiger partial charge in [-0.25, -0.2) is 0 Å². The van der Waals surface area contributed by atoms with Gasteiger partial charge < -0.3 is 4.74 Å². The SMILES string of the molecule is CC(C)COC(=O)CC(C)C(F)(F)C(F)(F)C(F)(F)C(F)(F)C(F)(F)C(F)(F)F. The minimum absolute atomic E-state index is 0.000663. The lowest BCUT2D eigenvalue weighted by Crippen LogP contribution is -2.70. The van der Waals surface area contributed by atoms with E-state index in [9.17, 15) is 61.9 Å². The Morgan fingerprint density at radius 2 is 1.07 bits per heavy atom. The standard InChI is InChI=1S/C14H15F13O2/c1-6(2)5-29-8(28)4-7(3)9(15,16)10(17,18)11(19,20)12(21,22)13(23,24)14(25,26)27/h6-7H,4-5H2,1-3H3. The summed E-state index contributed by atoms with van der Waals surface area (Å²) in [5.41, 5.74) is 0. The van der Waals surface area contributed by atoms with E-state index in [0.29, 0.717) is 0 Å². The molecule has 0 aliphatic rings. The van der Waals surface area contributed by atoms with Crippen molar-refractivity contribution in [2.75, 3.05) is 6.61 Å². The average molecular weight is 462 g/mol. The number of rotatable bonds is 9. The summed E-state index contributed by atoms with van der Waals surface area (Å²) in [4.78, 5) is 11.3. The van der Waals surface area contributed by atoms with Crippen molar-refractivity contribution < 1.29 is 66.6 Å². The van der Waals surface area contributed by atoms with Crippen molar-refractivity contribution in [2.45, 2.75) is 63.0 Å². The molecule has 29 heavy (non-hydrogen) atoms. The normalized spacial score (nSPS) is 16.2. The molecule has 0 saturated carbocycles. The van der Waals surface area contributed by atoms with Crippen LogP contribution in [-0.4, -0.2) is 48.4 Å². The van der Waals surface area contributed by atoms with Crippen LogP contribution in [0.1, 0.15) is 27.2 Å². The van der Waals surface area contributed by atoms with Gasteiger partial charge in [-0.05, 0) is 5.92 Å². The van der Waals surface area contributed by atoms with Gasteiger partial charge >= 0.3 is 41.8 Å². The fourth-order valence-corrected chi connectivity index (χ4v) is 1.79. The van der Waals surface area contributed by atoms with Gasteiger partial charge in [-0.1, -0.05) is 20.8 Å². The molecule has 15 heteroatoms. The molecule has 0 bridgehead atoms. The molecule has 174 valence electrons. The van der Waals surface area contributed by atoms with Crippen LogP contribution in [-0.2, 0) is 9.53 Å². The predicted octanol–water partition coefficient (Wildman–Crippen LogP) is 5.95. The first-order valence-corrected chi connectivity index (χ1v) is 7.59. The Hall–Kier alpha value is -1.44. The number of ether oxygens (including phenoxy) is 1. The fraction of sp³-hybridized carbons (Fsp3) is 0.929. The second-order valence-corrected chi connectivity index (χ2v) is 6.60. The van der Waals surface area contributed by atoms with E-state index in [4.69, 9.17) is 0 Å². The topological polar surface area (TPSA) is 26.3 Å². The van der Waals surface area contributed by atoms with Gasteiger partial charge in [-0.15, -0.1) is 0 Å². The van der Waals surface area contributed by atoms with Crippen LogP contribution in [0.3, 0.4) is 0 Å². The Bertz CT molecular complexity index is 581. The summed E-state index contributed by atoms with van der Waals surface area (Å²) >= 11 is 0. The van der Waals surface area contributed by atoms with E-state index in [-0.39, 0.29) is 12.8 Å². The summed E-state index contributed by atoms with van der Waals surface area (Å²) in [6.45, 7) is 2.51. The van der Waals surface area contributed by atoms with Crippen molar-refractivity contribution in [3.63, 3.8) is 0 Å². The van der Waals surface area contributed by atoms with Crippen LogP contribution in [0.5, 0.6) is 0 Å². The van der Waals surface area contributed by atoms with E-state index in [1.165, 1.54) is 13.8 Å². The highest BCUT2D eigenvalue weighted by Gasteiger charge is 2.91. The molecule has 2 nitrogen and oxygen atoms in total. The Morgan fingerprint density at radius 3 is 1.41 bits per heavy atom. The third-order valence-corrected chi connectivity index (χ3v) is 3.63. The highest BCUT2D eigenvalue weighted by molar-refractivity contribution is 5.69. The molecular formula is C14H15F13O2. The number of hydrogen-bond acceptors (Lipinski definition) is 2. The highest BCUT2D eigenvalue weighted by Crippen LogP contribution is 2.61. The van der Waals surface area contributed by atoms with E-state index in [1.54, 1.807) is 0 Å². The first-order valence-electron chi connectivity index (χ1n) is 7.59. The van der Waals surface area contributed by atoms with Gasteiger partial charge in [0.2, 0.25) is 0 Å². The van der Waals surface area contributed by atoms with Crippen LogP contribution in [0, 0.1) is 11.8 Å². The molecule has 0 aliphatic heterocycles. The first-order chi connectivity index (χ1) is 12.5. The number of carbonyl (C=O) groups excluding carboxylic acids is 1. The zero-order valence-electron chi connectivity index (χ0n) is 14.8. The molecule has 0 heterocycles. The molecule has 0 saturated heterocycles. The number of carbonyl (C=O) groups is 1. The van der Waals surface area contributed by atoms with Gasteiger partial charge in [0.05, 0.1) is 13.0 Å². The maximum atomic E-state index is 13.8. The molecule has 0 radical (unpaired) electrons. The summed E-state index contributed by atoms with van der Waals surface area (Å²) in [6.07, 6.45) is -9.20. The molecule has 0 rings (SSSR count). The van der Waals surface area contributed by atoms with Gasteiger partial charge in [0.1, 0.15) is 0 Å². The van der Waals surface area contributed by atoms with E-state index in [1.807, 2.05) is 0 Å². The molecule has 0 aromatic rings. The summed E-state index contributed by atoms with van der Waals surface area (Å²) in [5, 5.41) is 0. The Labute approximate surface area is 155 Å². The Kier molecular flexibility index (Phi) is 7.61. The smallest absolute Gasteiger partial charge is 0.460 e. The van der Waals surface area contributed by atoms with Gasteiger partial charge in [-0.3, -0.25) is 4.79 Å². The van der Waals surface area contributed by atoms with Crippen molar-refractivity contribution in [1.29, 1.82) is 0 Å². The van der Waals surface area contributed by atoms with Crippen LogP contribution in [0.4, 0.5) is 57.1 Å². The molecule has 1 unspecified atom stereocenters. The third kappa shape index (κ3) is 4.67. The third-order valence-electron chi connectivity index (χ3n) is 3.63. The molecule has 0 aliphatic carbocycles. The maximum Gasteiger partial charge on any atom is 0.460 e. The van der Waals surface area contributed by atoms with Crippen LogP contribution in [0.25, 0.3) is 0 Å². The van der Waals surface area contributed by atoms with Gasteiger partial charge in [0.25, 0.3) is 0 Å². The molecule has 1 atom stereocenters. The first kappa shape index (κ1) is 27.6. The summed E-state index contributed by atoms with van der Waals surface area (Å²) < 4.78 is 173. The van der Waals surface area contributed by atoms with Crippen molar-refractivity contribution in [3.8, 4) is 0 Å². The fourth-order valence-electron chi connectivity index (χ4n) is 1.79.